The predicted molar refractivity (Wildman–Crippen MR) is 63.4 cm³/mol. The van der Waals surface area contributed by atoms with Crippen LogP contribution in [0.2, 0.25) is 0 Å². The van der Waals surface area contributed by atoms with Gasteiger partial charge in [0, 0.05) is 5.92 Å². The van der Waals surface area contributed by atoms with Crippen LogP contribution in [0.5, 0.6) is 0 Å². The molecule has 15 heavy (non-hydrogen) atoms. The van der Waals surface area contributed by atoms with Crippen molar-refractivity contribution in [2.75, 3.05) is 12.0 Å². The summed E-state index contributed by atoms with van der Waals surface area (Å²) in [6.07, 6.45) is 4.51. The average molecular weight is 238 g/mol. The van der Waals surface area contributed by atoms with E-state index >= 15 is 0 Å². The normalized spacial score (nSPS) is 16.1. The van der Waals surface area contributed by atoms with Crippen LogP contribution in [0.25, 0.3) is 10.3 Å². The van der Waals surface area contributed by atoms with Gasteiger partial charge in [-0.1, -0.05) is 11.3 Å². The van der Waals surface area contributed by atoms with Crippen LogP contribution in [0, 0.1) is 0 Å². The first-order valence-corrected chi connectivity index (χ1v) is 6.80. The molecule has 78 valence electrons. The van der Waals surface area contributed by atoms with Crippen molar-refractivity contribution < 1.29 is 0 Å². The monoisotopic (exact) mass is 238 g/mol. The van der Waals surface area contributed by atoms with Gasteiger partial charge in [0.25, 0.3) is 0 Å². The van der Waals surface area contributed by atoms with E-state index in [1.54, 1.807) is 23.1 Å². The minimum absolute atomic E-state index is 0.345. The van der Waals surface area contributed by atoms with E-state index in [2.05, 4.69) is 15.0 Å². The van der Waals surface area contributed by atoms with Crippen LogP contribution in [0.1, 0.15) is 23.8 Å². The smallest absolute Gasteiger partial charge is 0.222 e. The highest BCUT2D eigenvalue weighted by molar-refractivity contribution is 7.98. The number of nitrogens with two attached hydrogens (primary N) is 1. The molecule has 2 heterocycles. The summed E-state index contributed by atoms with van der Waals surface area (Å²) in [4.78, 5) is 13.9. The highest BCUT2D eigenvalue weighted by Crippen LogP contribution is 2.43. The number of aromatic nitrogens is 3. The Morgan fingerprint density at radius 1 is 1.33 bits per heavy atom. The van der Waals surface area contributed by atoms with Crippen LogP contribution >= 0.6 is 23.1 Å². The van der Waals surface area contributed by atoms with E-state index in [1.165, 1.54) is 17.8 Å². The lowest BCUT2D eigenvalue weighted by Gasteiger charge is -1.96. The molecule has 3 rings (SSSR count). The SMILES string of the molecule is CSc1nc(N)nc2sc(C3CC3)nc12. The molecule has 4 nitrogen and oxygen atoms in total. The molecular formula is C9H10N4S2. The van der Waals surface area contributed by atoms with Gasteiger partial charge in [-0.3, -0.25) is 0 Å². The summed E-state index contributed by atoms with van der Waals surface area (Å²) in [5, 5.41) is 2.08. The number of fused-ring (bicyclic) bond motifs is 1. The van der Waals surface area contributed by atoms with Crippen molar-refractivity contribution in [2.24, 2.45) is 0 Å². The van der Waals surface area contributed by atoms with Crippen molar-refractivity contribution in [3.63, 3.8) is 0 Å². The maximum Gasteiger partial charge on any atom is 0.222 e. The zero-order chi connectivity index (χ0) is 10.4. The summed E-state index contributed by atoms with van der Waals surface area (Å²) in [6.45, 7) is 0. The standard InChI is InChI=1S/C9H10N4S2/c1-14-7-5-8(13-9(10)12-7)15-6(11-5)4-2-3-4/h4H,2-3H2,1H3,(H2,10,12,13). The summed E-state index contributed by atoms with van der Waals surface area (Å²) in [6, 6.07) is 0. The maximum absolute atomic E-state index is 5.64. The van der Waals surface area contributed by atoms with Gasteiger partial charge in [0.1, 0.15) is 15.4 Å². The van der Waals surface area contributed by atoms with Gasteiger partial charge < -0.3 is 5.73 Å². The number of nitrogens with zero attached hydrogens (tertiary/aromatic N) is 3. The molecule has 1 aliphatic rings. The van der Waals surface area contributed by atoms with E-state index in [9.17, 15) is 0 Å². The van der Waals surface area contributed by atoms with E-state index in [-0.39, 0.29) is 0 Å². The second kappa shape index (κ2) is 3.31. The summed E-state index contributed by atoms with van der Waals surface area (Å²) < 4.78 is 0. The molecule has 1 saturated carbocycles. The molecule has 1 aliphatic carbocycles. The van der Waals surface area contributed by atoms with Crippen molar-refractivity contribution in [2.45, 2.75) is 23.8 Å². The van der Waals surface area contributed by atoms with E-state index < -0.39 is 0 Å². The van der Waals surface area contributed by atoms with Gasteiger partial charge in [0.2, 0.25) is 5.95 Å². The third-order valence-electron chi connectivity index (χ3n) is 2.38. The van der Waals surface area contributed by atoms with Gasteiger partial charge in [-0.05, 0) is 19.1 Å². The highest BCUT2D eigenvalue weighted by atomic mass is 32.2. The topological polar surface area (TPSA) is 64.7 Å². The lowest BCUT2D eigenvalue weighted by molar-refractivity contribution is 1.06. The second-order valence-electron chi connectivity index (χ2n) is 3.57. The van der Waals surface area contributed by atoms with Crippen molar-refractivity contribution in [1.82, 2.24) is 15.0 Å². The number of hydrogen-bond donors (Lipinski definition) is 1. The van der Waals surface area contributed by atoms with Crippen molar-refractivity contribution in [3.8, 4) is 0 Å². The number of nitrogen functional groups attached to an aromatic ring is 1. The van der Waals surface area contributed by atoms with Crippen LogP contribution in [0.4, 0.5) is 5.95 Å². The molecule has 0 bridgehead atoms. The number of hydrogen-bond acceptors (Lipinski definition) is 6. The molecule has 0 spiro atoms. The molecule has 2 aromatic heterocycles. The quantitative estimate of drug-likeness (QED) is 0.642. The summed E-state index contributed by atoms with van der Waals surface area (Å²) in [5.74, 6) is 1.01. The van der Waals surface area contributed by atoms with E-state index in [1.807, 2.05) is 6.26 Å². The molecule has 0 aliphatic heterocycles. The molecule has 1 fully saturated rings. The van der Waals surface area contributed by atoms with Gasteiger partial charge >= 0.3 is 0 Å². The van der Waals surface area contributed by atoms with E-state index in [4.69, 9.17) is 5.73 Å². The zero-order valence-electron chi connectivity index (χ0n) is 8.23. The van der Waals surface area contributed by atoms with Gasteiger partial charge in [-0.2, -0.15) is 0 Å². The minimum atomic E-state index is 0.345. The number of thiazole rings is 1. The summed E-state index contributed by atoms with van der Waals surface area (Å²) in [5.41, 5.74) is 6.56. The molecular weight excluding hydrogens is 228 g/mol. The lowest BCUT2D eigenvalue weighted by Crippen LogP contribution is -1.95. The van der Waals surface area contributed by atoms with Gasteiger partial charge in [0.05, 0.1) is 5.01 Å². The fraction of sp³-hybridized carbons (Fsp3) is 0.444. The number of thioether (sulfide) groups is 1. The van der Waals surface area contributed by atoms with Crippen LogP contribution < -0.4 is 5.73 Å². The second-order valence-corrected chi connectivity index (χ2v) is 5.38. The molecule has 0 atom stereocenters. The van der Waals surface area contributed by atoms with Crippen molar-refractivity contribution in [1.29, 1.82) is 0 Å². The Balaban J connectivity index is 2.23. The minimum Gasteiger partial charge on any atom is -0.368 e. The highest BCUT2D eigenvalue weighted by Gasteiger charge is 2.28. The van der Waals surface area contributed by atoms with Crippen molar-refractivity contribution in [3.05, 3.63) is 5.01 Å². The van der Waals surface area contributed by atoms with Crippen LogP contribution in [0.15, 0.2) is 5.03 Å². The molecule has 0 amide bonds. The maximum atomic E-state index is 5.64. The molecule has 2 N–H and O–H groups in total. The number of anilines is 1. The molecule has 0 aromatic carbocycles. The molecule has 6 heteroatoms. The van der Waals surface area contributed by atoms with Crippen molar-refractivity contribution >= 4 is 39.4 Å². The molecule has 0 unspecified atom stereocenters. The summed E-state index contributed by atoms with van der Waals surface area (Å²) in [7, 11) is 0. The Morgan fingerprint density at radius 3 is 2.80 bits per heavy atom. The largest absolute Gasteiger partial charge is 0.368 e. The third-order valence-corrected chi connectivity index (χ3v) is 4.16. The fourth-order valence-electron chi connectivity index (χ4n) is 1.48. The molecule has 2 aromatic rings. The van der Waals surface area contributed by atoms with Crippen LogP contribution in [0.3, 0.4) is 0 Å². The first-order valence-electron chi connectivity index (χ1n) is 4.76. The van der Waals surface area contributed by atoms with Crippen LogP contribution in [-0.4, -0.2) is 21.2 Å². The predicted octanol–water partition coefficient (Wildman–Crippen LogP) is 2.27. The Kier molecular flexibility index (Phi) is 2.07. The Labute approximate surface area is 95.3 Å². The fourth-order valence-corrected chi connectivity index (χ4v) is 3.18. The summed E-state index contributed by atoms with van der Waals surface area (Å²) >= 11 is 3.23. The van der Waals surface area contributed by atoms with Gasteiger partial charge in [-0.25, -0.2) is 15.0 Å². The molecule has 0 saturated heterocycles. The third kappa shape index (κ3) is 1.57. The van der Waals surface area contributed by atoms with Crippen LogP contribution in [-0.2, 0) is 0 Å². The first-order chi connectivity index (χ1) is 7.28. The number of rotatable bonds is 2. The van der Waals surface area contributed by atoms with Gasteiger partial charge in [0.15, 0.2) is 0 Å². The first kappa shape index (κ1) is 9.35. The Hall–Kier alpha value is -0.880. The zero-order valence-corrected chi connectivity index (χ0v) is 9.86. The molecule has 0 radical (unpaired) electrons. The van der Waals surface area contributed by atoms with Gasteiger partial charge in [-0.15, -0.1) is 11.8 Å². The Morgan fingerprint density at radius 2 is 2.13 bits per heavy atom. The Bertz CT molecular complexity index is 518. The lowest BCUT2D eigenvalue weighted by atomic mass is 10.4. The average Bonchev–Trinajstić information content (AvgIpc) is 2.98. The van der Waals surface area contributed by atoms with E-state index in [0.717, 1.165) is 15.4 Å². The van der Waals surface area contributed by atoms with E-state index in [0.29, 0.717) is 11.9 Å².